The van der Waals surface area contributed by atoms with Crippen LogP contribution in [0.3, 0.4) is 0 Å². The van der Waals surface area contributed by atoms with Gasteiger partial charge in [0.2, 0.25) is 0 Å². The number of hydrogen-bond donors (Lipinski definition) is 2. The molecule has 5 nitrogen and oxygen atoms in total. The van der Waals surface area contributed by atoms with Crippen LogP contribution in [0.25, 0.3) is 5.69 Å². The Morgan fingerprint density at radius 3 is 2.56 bits per heavy atom. The lowest BCUT2D eigenvalue weighted by molar-refractivity contribution is 0.315. The standard InChI is InChI=1S/C29H30FN5S/c1-20-18-25(21(2)35(20)24-13-8-10-22(30)19-24)28-27(26-14-6-7-15-32-26)33-29(36)34(28)17-9-16-31-23-11-4-3-5-12-23/h3-8,10-15,18-19,27-28,31H,9,16-17H2,1-2H3,(H,33,36). The second-order valence-electron chi connectivity index (χ2n) is 9.11. The highest BCUT2D eigenvalue weighted by Crippen LogP contribution is 2.41. The summed E-state index contributed by atoms with van der Waals surface area (Å²) < 4.78 is 16.2. The molecule has 1 aliphatic rings. The van der Waals surface area contributed by atoms with Crippen molar-refractivity contribution >= 4 is 23.0 Å². The number of pyridine rings is 1. The predicted molar refractivity (Wildman–Crippen MR) is 147 cm³/mol. The number of halogens is 1. The van der Waals surface area contributed by atoms with Crippen LogP contribution in [0.1, 0.15) is 41.1 Å². The Labute approximate surface area is 217 Å². The Bertz CT molecular complexity index is 1340. The Kier molecular flexibility index (Phi) is 7.00. The highest BCUT2D eigenvalue weighted by Gasteiger charge is 2.41. The van der Waals surface area contributed by atoms with Crippen LogP contribution in [0.15, 0.2) is 85.1 Å². The quantitative estimate of drug-likeness (QED) is 0.226. The molecule has 184 valence electrons. The van der Waals surface area contributed by atoms with Crippen molar-refractivity contribution in [2.45, 2.75) is 32.4 Å². The molecule has 0 aliphatic carbocycles. The molecular formula is C29H30FN5S. The first kappa shape index (κ1) is 24.0. The monoisotopic (exact) mass is 499 g/mol. The van der Waals surface area contributed by atoms with Crippen LogP contribution in [0.5, 0.6) is 0 Å². The maximum atomic E-state index is 14.1. The maximum Gasteiger partial charge on any atom is 0.170 e. The van der Waals surface area contributed by atoms with E-state index in [1.807, 2.05) is 48.7 Å². The van der Waals surface area contributed by atoms with E-state index in [9.17, 15) is 4.39 Å². The zero-order valence-electron chi connectivity index (χ0n) is 20.5. The average Bonchev–Trinajstić information content (AvgIpc) is 3.37. The predicted octanol–water partition coefficient (Wildman–Crippen LogP) is 6.10. The van der Waals surface area contributed by atoms with Crippen molar-refractivity contribution in [3.05, 3.63) is 114 Å². The molecule has 0 saturated carbocycles. The van der Waals surface area contributed by atoms with Crippen LogP contribution in [-0.2, 0) is 0 Å². The lowest BCUT2D eigenvalue weighted by Gasteiger charge is -2.28. The number of anilines is 1. The number of aryl methyl sites for hydroxylation is 1. The number of hydrogen-bond acceptors (Lipinski definition) is 3. The van der Waals surface area contributed by atoms with Crippen molar-refractivity contribution in [3.63, 3.8) is 0 Å². The Morgan fingerprint density at radius 1 is 1.00 bits per heavy atom. The van der Waals surface area contributed by atoms with Crippen molar-refractivity contribution in [2.24, 2.45) is 0 Å². The van der Waals surface area contributed by atoms with Gasteiger partial charge in [-0.15, -0.1) is 0 Å². The summed E-state index contributed by atoms with van der Waals surface area (Å²) in [6.45, 7) is 5.79. The van der Waals surface area contributed by atoms with E-state index in [0.29, 0.717) is 0 Å². The lowest BCUT2D eigenvalue weighted by Crippen LogP contribution is -2.31. The number of nitrogens with zero attached hydrogens (tertiary/aromatic N) is 3. The van der Waals surface area contributed by atoms with E-state index >= 15 is 0 Å². The van der Waals surface area contributed by atoms with Crippen LogP contribution in [0.4, 0.5) is 10.1 Å². The first-order chi connectivity index (χ1) is 17.5. The fourth-order valence-corrected chi connectivity index (χ4v) is 5.45. The van der Waals surface area contributed by atoms with E-state index in [1.165, 1.54) is 6.07 Å². The molecule has 7 heteroatoms. The molecule has 0 radical (unpaired) electrons. The Morgan fingerprint density at radius 2 is 1.81 bits per heavy atom. The SMILES string of the molecule is Cc1cc(C2C(c3ccccn3)NC(=S)N2CCCNc2ccccc2)c(C)n1-c1cccc(F)c1. The van der Waals surface area contributed by atoms with Crippen molar-refractivity contribution in [1.82, 2.24) is 19.8 Å². The number of aromatic nitrogens is 2. The molecule has 4 aromatic rings. The van der Waals surface area contributed by atoms with Crippen LogP contribution in [0, 0.1) is 19.7 Å². The third kappa shape index (κ3) is 4.84. The van der Waals surface area contributed by atoms with Crippen molar-refractivity contribution < 1.29 is 4.39 Å². The van der Waals surface area contributed by atoms with Crippen LogP contribution < -0.4 is 10.6 Å². The normalized spacial score (nSPS) is 17.3. The van der Waals surface area contributed by atoms with Gasteiger partial charge in [-0.1, -0.05) is 30.3 Å². The summed E-state index contributed by atoms with van der Waals surface area (Å²) in [6, 6.07) is 25.0. The summed E-state index contributed by atoms with van der Waals surface area (Å²) in [6.07, 6.45) is 2.74. The van der Waals surface area contributed by atoms with Gasteiger partial charge in [-0.05, 0) is 86.6 Å². The van der Waals surface area contributed by atoms with E-state index in [4.69, 9.17) is 12.2 Å². The van der Waals surface area contributed by atoms with Gasteiger partial charge in [0, 0.05) is 42.0 Å². The number of rotatable bonds is 8. The highest BCUT2D eigenvalue weighted by atomic mass is 32.1. The second-order valence-corrected chi connectivity index (χ2v) is 9.49. The number of benzene rings is 2. The van der Waals surface area contributed by atoms with Gasteiger partial charge in [-0.3, -0.25) is 4.98 Å². The van der Waals surface area contributed by atoms with Crippen LogP contribution in [-0.4, -0.2) is 32.7 Å². The molecule has 0 amide bonds. The third-order valence-electron chi connectivity index (χ3n) is 6.73. The zero-order valence-corrected chi connectivity index (χ0v) is 21.3. The summed E-state index contributed by atoms with van der Waals surface area (Å²) in [5, 5.41) is 7.76. The molecule has 5 rings (SSSR count). The fraction of sp³-hybridized carbons (Fsp3) is 0.241. The van der Waals surface area contributed by atoms with Crippen LogP contribution >= 0.6 is 12.2 Å². The number of para-hydroxylation sites is 1. The minimum absolute atomic E-state index is 0.0300. The zero-order chi connectivity index (χ0) is 25.1. The van der Waals surface area contributed by atoms with E-state index in [-0.39, 0.29) is 17.9 Å². The average molecular weight is 500 g/mol. The minimum atomic E-state index is -0.246. The fourth-order valence-electron chi connectivity index (χ4n) is 5.12. The molecule has 1 saturated heterocycles. The summed E-state index contributed by atoms with van der Waals surface area (Å²) in [7, 11) is 0. The lowest BCUT2D eigenvalue weighted by atomic mass is 9.96. The molecule has 2 aromatic heterocycles. The van der Waals surface area contributed by atoms with Gasteiger partial charge in [0.1, 0.15) is 5.82 Å². The van der Waals surface area contributed by atoms with E-state index < -0.39 is 0 Å². The summed E-state index contributed by atoms with van der Waals surface area (Å²) in [5.74, 6) is -0.246. The van der Waals surface area contributed by atoms with E-state index in [2.05, 4.69) is 57.1 Å². The molecule has 2 unspecified atom stereocenters. The summed E-state index contributed by atoms with van der Waals surface area (Å²) >= 11 is 5.84. The largest absolute Gasteiger partial charge is 0.385 e. The summed E-state index contributed by atoms with van der Waals surface area (Å²) in [4.78, 5) is 6.93. The van der Waals surface area contributed by atoms with Gasteiger partial charge >= 0.3 is 0 Å². The third-order valence-corrected chi connectivity index (χ3v) is 7.08. The number of thiocarbonyl (C=S) groups is 1. The van der Waals surface area contributed by atoms with Gasteiger partial charge in [-0.2, -0.15) is 0 Å². The van der Waals surface area contributed by atoms with Crippen molar-refractivity contribution in [1.29, 1.82) is 0 Å². The number of nitrogens with one attached hydrogen (secondary N) is 2. The van der Waals surface area contributed by atoms with Gasteiger partial charge in [0.25, 0.3) is 0 Å². The first-order valence-electron chi connectivity index (χ1n) is 12.2. The van der Waals surface area contributed by atoms with Gasteiger partial charge in [0.15, 0.2) is 5.11 Å². The van der Waals surface area contributed by atoms with Gasteiger partial charge < -0.3 is 20.1 Å². The van der Waals surface area contributed by atoms with E-state index in [0.717, 1.165) is 58.6 Å². The maximum absolute atomic E-state index is 14.1. The first-order valence-corrected chi connectivity index (χ1v) is 12.7. The molecule has 0 bridgehead atoms. The molecule has 2 N–H and O–H groups in total. The molecule has 3 heterocycles. The van der Waals surface area contributed by atoms with Crippen molar-refractivity contribution in [3.8, 4) is 5.69 Å². The van der Waals surface area contributed by atoms with Crippen molar-refractivity contribution in [2.75, 3.05) is 18.4 Å². The van der Waals surface area contributed by atoms with E-state index in [1.54, 1.807) is 12.1 Å². The molecule has 1 aliphatic heterocycles. The minimum Gasteiger partial charge on any atom is -0.385 e. The second kappa shape index (κ2) is 10.5. The topological polar surface area (TPSA) is 45.1 Å². The molecule has 2 atom stereocenters. The molecule has 0 spiro atoms. The van der Waals surface area contributed by atoms with Crippen LogP contribution in [0.2, 0.25) is 0 Å². The van der Waals surface area contributed by atoms with Gasteiger partial charge in [0.05, 0.1) is 17.8 Å². The summed E-state index contributed by atoms with van der Waals surface area (Å²) in [5.41, 5.74) is 6.17. The highest BCUT2D eigenvalue weighted by molar-refractivity contribution is 7.80. The Hall–Kier alpha value is -3.71. The smallest absolute Gasteiger partial charge is 0.170 e. The molecular weight excluding hydrogens is 469 g/mol. The molecule has 2 aromatic carbocycles. The Balaban J connectivity index is 1.46. The molecule has 1 fully saturated rings. The van der Waals surface area contributed by atoms with Gasteiger partial charge in [-0.25, -0.2) is 4.39 Å². The molecule has 36 heavy (non-hydrogen) atoms.